The standard InChI is InChI=1S/C14H23NO/c1-11-7-9-15(10-8-11)14(16)13-6-4-3-5-12(13)2/h3-4,11-13H,5-10H2,1-2H3. The fourth-order valence-corrected chi connectivity index (χ4v) is 2.76. The second-order valence-electron chi connectivity index (χ2n) is 5.53. The number of likely N-dealkylation sites (tertiary alicyclic amines) is 1. The molecule has 2 unspecified atom stereocenters. The Morgan fingerprint density at radius 2 is 1.75 bits per heavy atom. The van der Waals surface area contributed by atoms with Gasteiger partial charge in [0.05, 0.1) is 0 Å². The molecule has 0 radical (unpaired) electrons. The first kappa shape index (κ1) is 11.7. The maximum Gasteiger partial charge on any atom is 0.226 e. The van der Waals surface area contributed by atoms with Crippen molar-refractivity contribution in [1.29, 1.82) is 0 Å². The van der Waals surface area contributed by atoms with Gasteiger partial charge >= 0.3 is 0 Å². The predicted octanol–water partition coefficient (Wildman–Crippen LogP) is 2.85. The smallest absolute Gasteiger partial charge is 0.226 e. The van der Waals surface area contributed by atoms with Crippen LogP contribution >= 0.6 is 0 Å². The summed E-state index contributed by atoms with van der Waals surface area (Å²) in [5.74, 6) is 1.98. The van der Waals surface area contributed by atoms with E-state index in [0.717, 1.165) is 31.8 Å². The highest BCUT2D eigenvalue weighted by atomic mass is 16.2. The third-order valence-corrected chi connectivity index (χ3v) is 4.16. The van der Waals surface area contributed by atoms with E-state index < -0.39 is 0 Å². The third-order valence-electron chi connectivity index (χ3n) is 4.16. The van der Waals surface area contributed by atoms with Crippen molar-refractivity contribution in [3.05, 3.63) is 12.2 Å². The lowest BCUT2D eigenvalue weighted by atomic mass is 9.83. The molecular formula is C14H23NO. The van der Waals surface area contributed by atoms with Crippen LogP contribution < -0.4 is 0 Å². The zero-order chi connectivity index (χ0) is 11.5. The molecule has 0 spiro atoms. The fraction of sp³-hybridized carbons (Fsp3) is 0.786. The quantitative estimate of drug-likeness (QED) is 0.623. The van der Waals surface area contributed by atoms with E-state index in [0.29, 0.717) is 11.8 Å². The molecule has 2 rings (SSSR count). The molecule has 2 heteroatoms. The number of piperidine rings is 1. The van der Waals surface area contributed by atoms with Gasteiger partial charge in [0.2, 0.25) is 5.91 Å². The van der Waals surface area contributed by atoms with Crippen molar-refractivity contribution in [2.45, 2.75) is 39.5 Å². The Bertz CT molecular complexity index is 276. The summed E-state index contributed by atoms with van der Waals surface area (Å²) in [5.41, 5.74) is 0. The van der Waals surface area contributed by atoms with E-state index in [-0.39, 0.29) is 5.92 Å². The highest BCUT2D eigenvalue weighted by Crippen LogP contribution is 2.28. The number of rotatable bonds is 1. The minimum Gasteiger partial charge on any atom is -0.342 e. The lowest BCUT2D eigenvalue weighted by Crippen LogP contribution is -2.43. The average molecular weight is 221 g/mol. The van der Waals surface area contributed by atoms with Gasteiger partial charge in [-0.15, -0.1) is 0 Å². The van der Waals surface area contributed by atoms with E-state index in [1.807, 2.05) is 0 Å². The van der Waals surface area contributed by atoms with Crippen molar-refractivity contribution in [1.82, 2.24) is 4.90 Å². The summed E-state index contributed by atoms with van der Waals surface area (Å²) in [7, 11) is 0. The van der Waals surface area contributed by atoms with Gasteiger partial charge in [0.25, 0.3) is 0 Å². The molecule has 1 fully saturated rings. The molecule has 0 aromatic rings. The normalized spacial score (nSPS) is 31.8. The van der Waals surface area contributed by atoms with Crippen molar-refractivity contribution in [3.8, 4) is 0 Å². The Labute approximate surface area is 98.7 Å². The fourth-order valence-electron chi connectivity index (χ4n) is 2.76. The maximum absolute atomic E-state index is 12.4. The number of amides is 1. The second-order valence-corrected chi connectivity index (χ2v) is 5.53. The van der Waals surface area contributed by atoms with E-state index in [1.165, 1.54) is 12.8 Å². The van der Waals surface area contributed by atoms with Crippen molar-refractivity contribution in [2.24, 2.45) is 17.8 Å². The molecule has 2 nitrogen and oxygen atoms in total. The lowest BCUT2D eigenvalue weighted by molar-refractivity contribution is -0.138. The molecule has 1 aliphatic heterocycles. The van der Waals surface area contributed by atoms with Crippen LogP contribution in [-0.2, 0) is 4.79 Å². The largest absolute Gasteiger partial charge is 0.342 e. The van der Waals surface area contributed by atoms with Crippen molar-refractivity contribution in [2.75, 3.05) is 13.1 Å². The van der Waals surface area contributed by atoms with Crippen LogP contribution in [0.4, 0.5) is 0 Å². The van der Waals surface area contributed by atoms with E-state index in [2.05, 4.69) is 30.9 Å². The SMILES string of the molecule is CC1CCN(C(=O)C2CC=CCC2C)CC1. The minimum atomic E-state index is 0.249. The summed E-state index contributed by atoms with van der Waals surface area (Å²) in [6.45, 7) is 6.45. The number of carbonyl (C=O) groups is 1. The zero-order valence-corrected chi connectivity index (χ0v) is 10.5. The van der Waals surface area contributed by atoms with Gasteiger partial charge in [-0.2, -0.15) is 0 Å². The van der Waals surface area contributed by atoms with Crippen LogP contribution in [0.2, 0.25) is 0 Å². The molecule has 0 saturated carbocycles. The Balaban J connectivity index is 1.94. The van der Waals surface area contributed by atoms with Gasteiger partial charge in [-0.1, -0.05) is 26.0 Å². The number of carbonyl (C=O) groups excluding carboxylic acids is 1. The van der Waals surface area contributed by atoms with Gasteiger partial charge in [0, 0.05) is 19.0 Å². The Kier molecular flexibility index (Phi) is 3.67. The third kappa shape index (κ3) is 2.47. The number of allylic oxidation sites excluding steroid dienone is 2. The Hall–Kier alpha value is -0.790. The summed E-state index contributed by atoms with van der Waals surface area (Å²) in [6, 6.07) is 0. The van der Waals surface area contributed by atoms with Gasteiger partial charge < -0.3 is 4.90 Å². The van der Waals surface area contributed by atoms with Crippen LogP contribution in [0.1, 0.15) is 39.5 Å². The van der Waals surface area contributed by atoms with Crippen LogP contribution in [-0.4, -0.2) is 23.9 Å². The molecule has 1 saturated heterocycles. The van der Waals surface area contributed by atoms with Crippen LogP contribution in [0.3, 0.4) is 0 Å². The van der Waals surface area contributed by atoms with Crippen molar-refractivity contribution < 1.29 is 4.79 Å². The van der Waals surface area contributed by atoms with E-state index >= 15 is 0 Å². The van der Waals surface area contributed by atoms with Gasteiger partial charge in [0.15, 0.2) is 0 Å². The molecule has 0 N–H and O–H groups in total. The molecule has 1 heterocycles. The van der Waals surface area contributed by atoms with Crippen LogP contribution in [0.25, 0.3) is 0 Å². The van der Waals surface area contributed by atoms with Crippen molar-refractivity contribution >= 4 is 5.91 Å². The molecule has 0 bridgehead atoms. The molecular weight excluding hydrogens is 198 g/mol. The monoisotopic (exact) mass is 221 g/mol. The Morgan fingerprint density at radius 3 is 2.38 bits per heavy atom. The predicted molar refractivity (Wildman–Crippen MR) is 66.0 cm³/mol. The van der Waals surface area contributed by atoms with E-state index in [4.69, 9.17) is 0 Å². The molecule has 0 aromatic carbocycles. The van der Waals surface area contributed by atoms with E-state index in [1.54, 1.807) is 0 Å². The molecule has 0 aromatic heterocycles. The van der Waals surface area contributed by atoms with Crippen LogP contribution in [0, 0.1) is 17.8 Å². The molecule has 90 valence electrons. The Morgan fingerprint density at radius 1 is 1.12 bits per heavy atom. The molecule has 16 heavy (non-hydrogen) atoms. The summed E-state index contributed by atoms with van der Waals surface area (Å²) in [6.07, 6.45) is 8.78. The molecule has 1 aliphatic carbocycles. The van der Waals surface area contributed by atoms with Gasteiger partial charge in [-0.3, -0.25) is 4.79 Å². The number of hydrogen-bond acceptors (Lipinski definition) is 1. The lowest BCUT2D eigenvalue weighted by Gasteiger charge is -2.35. The van der Waals surface area contributed by atoms with E-state index in [9.17, 15) is 4.79 Å². The summed E-state index contributed by atoms with van der Waals surface area (Å²) < 4.78 is 0. The first-order chi connectivity index (χ1) is 7.68. The zero-order valence-electron chi connectivity index (χ0n) is 10.5. The molecule has 2 atom stereocenters. The van der Waals surface area contributed by atoms with Gasteiger partial charge in [-0.25, -0.2) is 0 Å². The highest BCUT2D eigenvalue weighted by Gasteiger charge is 2.30. The van der Waals surface area contributed by atoms with Gasteiger partial charge in [-0.05, 0) is 37.5 Å². The minimum absolute atomic E-state index is 0.249. The highest BCUT2D eigenvalue weighted by molar-refractivity contribution is 5.79. The number of nitrogens with zero attached hydrogens (tertiary/aromatic N) is 1. The van der Waals surface area contributed by atoms with Crippen LogP contribution in [0.5, 0.6) is 0 Å². The number of hydrogen-bond donors (Lipinski definition) is 0. The first-order valence-corrected chi connectivity index (χ1v) is 6.62. The topological polar surface area (TPSA) is 20.3 Å². The molecule has 1 amide bonds. The second kappa shape index (κ2) is 5.03. The first-order valence-electron chi connectivity index (χ1n) is 6.62. The van der Waals surface area contributed by atoms with Crippen LogP contribution in [0.15, 0.2) is 12.2 Å². The summed E-state index contributed by atoms with van der Waals surface area (Å²) >= 11 is 0. The summed E-state index contributed by atoms with van der Waals surface area (Å²) in [4.78, 5) is 14.5. The van der Waals surface area contributed by atoms with Crippen molar-refractivity contribution in [3.63, 3.8) is 0 Å². The average Bonchev–Trinajstić information content (AvgIpc) is 2.30. The molecule has 2 aliphatic rings. The summed E-state index contributed by atoms with van der Waals surface area (Å²) in [5, 5.41) is 0. The maximum atomic E-state index is 12.4. The van der Waals surface area contributed by atoms with Gasteiger partial charge in [0.1, 0.15) is 0 Å².